The van der Waals surface area contributed by atoms with E-state index in [2.05, 4.69) is 20.4 Å². The Hall–Kier alpha value is -3.16. The Morgan fingerprint density at radius 3 is 2.90 bits per heavy atom. The molecule has 0 saturated carbocycles. The highest BCUT2D eigenvalue weighted by Crippen LogP contribution is 2.24. The van der Waals surface area contributed by atoms with Gasteiger partial charge in [0.25, 0.3) is 5.78 Å². The Balaban J connectivity index is 2.04. The molecule has 0 bridgehead atoms. The summed E-state index contributed by atoms with van der Waals surface area (Å²) in [5.41, 5.74) is 1.07. The average molecular weight is 285 g/mol. The Morgan fingerprint density at radius 1 is 1.33 bits per heavy atom. The van der Waals surface area contributed by atoms with Crippen LogP contribution in [0.4, 0.5) is 11.5 Å². The van der Waals surface area contributed by atoms with E-state index in [0.717, 1.165) is 5.69 Å². The predicted octanol–water partition coefficient (Wildman–Crippen LogP) is 1.58. The number of aromatic hydroxyl groups is 1. The normalized spacial score (nSPS) is 10.7. The van der Waals surface area contributed by atoms with Gasteiger partial charge < -0.3 is 15.5 Å². The first-order valence-corrected chi connectivity index (χ1v) is 6.05. The number of nitrogens with zero attached hydrogens (tertiary/aromatic N) is 4. The summed E-state index contributed by atoms with van der Waals surface area (Å²) in [6.45, 7) is 1.82. The molecular formula is C13H11N5O3. The molecular weight excluding hydrogens is 274 g/mol. The first kappa shape index (κ1) is 12.9. The van der Waals surface area contributed by atoms with Crippen LogP contribution in [-0.2, 0) is 0 Å². The van der Waals surface area contributed by atoms with Crippen LogP contribution in [0.5, 0.6) is 5.75 Å². The second-order valence-corrected chi connectivity index (χ2v) is 4.42. The van der Waals surface area contributed by atoms with Crippen molar-refractivity contribution in [1.29, 1.82) is 0 Å². The summed E-state index contributed by atoms with van der Waals surface area (Å²) in [5.74, 6) is -0.454. The quantitative estimate of drug-likeness (QED) is 0.626. The molecule has 3 N–H and O–H groups in total. The third kappa shape index (κ3) is 2.34. The van der Waals surface area contributed by atoms with Crippen molar-refractivity contribution in [1.82, 2.24) is 19.6 Å². The molecule has 0 aliphatic heterocycles. The Labute approximate surface area is 118 Å². The highest BCUT2D eigenvalue weighted by atomic mass is 16.4. The summed E-state index contributed by atoms with van der Waals surface area (Å²) >= 11 is 0. The predicted molar refractivity (Wildman–Crippen MR) is 73.9 cm³/mol. The maximum absolute atomic E-state index is 11.0. The number of hydrogen-bond donors (Lipinski definition) is 3. The molecule has 8 heteroatoms. The van der Waals surface area contributed by atoms with Crippen molar-refractivity contribution in [3.05, 3.63) is 41.9 Å². The molecule has 0 amide bonds. The number of aryl methyl sites for hydroxylation is 1. The summed E-state index contributed by atoms with van der Waals surface area (Å²) in [4.78, 5) is 19.2. The first-order valence-electron chi connectivity index (χ1n) is 6.05. The topological polar surface area (TPSA) is 113 Å². The highest BCUT2D eigenvalue weighted by molar-refractivity contribution is 5.92. The molecule has 21 heavy (non-hydrogen) atoms. The van der Waals surface area contributed by atoms with E-state index in [-0.39, 0.29) is 11.3 Å². The standard InChI is InChI=1S/C13H11N5O3/c1-7-4-11(18-13(16-7)14-6-15-18)17-8-2-3-10(19)9(5-8)12(20)21/h2-6,17,19H,1H3,(H,20,21). The van der Waals surface area contributed by atoms with E-state index in [4.69, 9.17) is 5.11 Å². The lowest BCUT2D eigenvalue weighted by Crippen LogP contribution is -2.04. The lowest BCUT2D eigenvalue weighted by Gasteiger charge is -2.10. The van der Waals surface area contributed by atoms with Gasteiger partial charge in [-0.05, 0) is 25.1 Å². The van der Waals surface area contributed by atoms with Crippen molar-refractivity contribution in [3.8, 4) is 5.75 Å². The largest absolute Gasteiger partial charge is 0.507 e. The Bertz CT molecular complexity index is 843. The van der Waals surface area contributed by atoms with Gasteiger partial charge in [0.15, 0.2) is 0 Å². The minimum absolute atomic E-state index is 0.180. The first-order chi connectivity index (χ1) is 10.0. The van der Waals surface area contributed by atoms with Crippen LogP contribution in [-0.4, -0.2) is 35.8 Å². The van der Waals surface area contributed by atoms with Gasteiger partial charge in [0.05, 0.1) is 0 Å². The fourth-order valence-electron chi connectivity index (χ4n) is 1.95. The number of carboxylic acids is 1. The summed E-state index contributed by atoms with van der Waals surface area (Å²) in [7, 11) is 0. The lowest BCUT2D eigenvalue weighted by molar-refractivity contribution is 0.0694. The highest BCUT2D eigenvalue weighted by Gasteiger charge is 2.11. The second-order valence-electron chi connectivity index (χ2n) is 4.42. The smallest absolute Gasteiger partial charge is 0.339 e. The number of rotatable bonds is 3. The maximum Gasteiger partial charge on any atom is 0.339 e. The molecule has 0 saturated heterocycles. The van der Waals surface area contributed by atoms with Crippen molar-refractivity contribution < 1.29 is 15.0 Å². The van der Waals surface area contributed by atoms with Gasteiger partial charge in [-0.25, -0.2) is 9.78 Å². The van der Waals surface area contributed by atoms with Gasteiger partial charge in [-0.3, -0.25) is 0 Å². The molecule has 106 valence electrons. The van der Waals surface area contributed by atoms with Crippen LogP contribution in [0.3, 0.4) is 0 Å². The van der Waals surface area contributed by atoms with Crippen LogP contribution in [0.15, 0.2) is 30.6 Å². The summed E-state index contributed by atoms with van der Waals surface area (Å²) in [6, 6.07) is 5.99. The third-order valence-electron chi connectivity index (χ3n) is 2.88. The number of carbonyl (C=O) groups is 1. The van der Waals surface area contributed by atoms with E-state index >= 15 is 0 Å². The molecule has 3 rings (SSSR count). The summed E-state index contributed by atoms with van der Waals surface area (Å²) in [5, 5.41) is 25.6. The number of fused-ring (bicyclic) bond motifs is 1. The second kappa shape index (κ2) is 4.75. The number of phenols is 1. The number of aromatic carboxylic acids is 1. The van der Waals surface area contributed by atoms with E-state index < -0.39 is 5.97 Å². The molecule has 8 nitrogen and oxygen atoms in total. The fourth-order valence-corrected chi connectivity index (χ4v) is 1.95. The molecule has 0 atom stereocenters. The van der Waals surface area contributed by atoms with Gasteiger partial charge in [-0.2, -0.15) is 14.6 Å². The van der Waals surface area contributed by atoms with Gasteiger partial charge in [-0.15, -0.1) is 0 Å². The zero-order valence-electron chi connectivity index (χ0n) is 11.0. The van der Waals surface area contributed by atoms with Crippen LogP contribution in [0, 0.1) is 6.92 Å². The molecule has 0 aliphatic rings. The maximum atomic E-state index is 11.0. The number of benzene rings is 1. The Morgan fingerprint density at radius 2 is 2.14 bits per heavy atom. The van der Waals surface area contributed by atoms with Crippen LogP contribution >= 0.6 is 0 Å². The number of carboxylic acid groups (broad SMARTS) is 1. The van der Waals surface area contributed by atoms with E-state index in [0.29, 0.717) is 17.3 Å². The molecule has 2 aromatic heterocycles. The molecule has 0 radical (unpaired) electrons. The molecule has 0 unspecified atom stereocenters. The van der Waals surface area contributed by atoms with Crippen LogP contribution in [0.25, 0.3) is 5.78 Å². The van der Waals surface area contributed by atoms with E-state index in [1.54, 1.807) is 12.1 Å². The number of hydrogen-bond acceptors (Lipinski definition) is 6. The van der Waals surface area contributed by atoms with Crippen molar-refractivity contribution in [2.75, 3.05) is 5.32 Å². The number of aromatic nitrogens is 4. The minimum Gasteiger partial charge on any atom is -0.507 e. The van der Waals surface area contributed by atoms with E-state index in [1.807, 2.05) is 6.92 Å². The van der Waals surface area contributed by atoms with Crippen LogP contribution in [0.2, 0.25) is 0 Å². The van der Waals surface area contributed by atoms with Gasteiger partial charge in [0.1, 0.15) is 23.5 Å². The van der Waals surface area contributed by atoms with Crippen molar-refractivity contribution in [3.63, 3.8) is 0 Å². The lowest BCUT2D eigenvalue weighted by atomic mass is 10.2. The van der Waals surface area contributed by atoms with Gasteiger partial charge in [-0.1, -0.05) is 0 Å². The zero-order chi connectivity index (χ0) is 15.0. The van der Waals surface area contributed by atoms with Crippen LogP contribution in [0.1, 0.15) is 16.1 Å². The fraction of sp³-hybridized carbons (Fsp3) is 0.0769. The van der Waals surface area contributed by atoms with E-state index in [9.17, 15) is 9.90 Å². The van der Waals surface area contributed by atoms with Gasteiger partial charge in [0.2, 0.25) is 0 Å². The van der Waals surface area contributed by atoms with Crippen molar-refractivity contribution in [2.45, 2.75) is 6.92 Å². The Kier molecular flexibility index (Phi) is 2.90. The minimum atomic E-state index is -1.20. The SMILES string of the molecule is Cc1cc(Nc2ccc(O)c(C(=O)O)c2)n2ncnc2n1. The molecule has 0 fully saturated rings. The van der Waals surface area contributed by atoms with Crippen molar-refractivity contribution in [2.24, 2.45) is 0 Å². The third-order valence-corrected chi connectivity index (χ3v) is 2.88. The number of anilines is 2. The van der Waals surface area contributed by atoms with Gasteiger partial charge in [0, 0.05) is 17.4 Å². The molecule has 1 aromatic carbocycles. The zero-order valence-corrected chi connectivity index (χ0v) is 11.0. The summed E-state index contributed by atoms with van der Waals surface area (Å²) in [6.07, 6.45) is 1.38. The van der Waals surface area contributed by atoms with Crippen LogP contribution < -0.4 is 5.32 Å². The molecule has 2 heterocycles. The molecule has 0 aliphatic carbocycles. The van der Waals surface area contributed by atoms with Gasteiger partial charge >= 0.3 is 5.97 Å². The van der Waals surface area contributed by atoms with Crippen molar-refractivity contribution >= 4 is 23.3 Å². The average Bonchev–Trinajstić information content (AvgIpc) is 2.88. The molecule has 3 aromatic rings. The molecule has 0 spiro atoms. The summed E-state index contributed by atoms with van der Waals surface area (Å²) < 4.78 is 1.50. The number of nitrogens with one attached hydrogen (secondary N) is 1. The van der Waals surface area contributed by atoms with E-state index in [1.165, 1.54) is 23.0 Å². The monoisotopic (exact) mass is 285 g/mol.